The van der Waals surface area contributed by atoms with Crippen LogP contribution < -0.4 is 5.32 Å². The molecule has 1 saturated heterocycles. The van der Waals surface area contributed by atoms with Crippen molar-refractivity contribution in [1.82, 2.24) is 0 Å². The van der Waals surface area contributed by atoms with Crippen LogP contribution in [0.3, 0.4) is 0 Å². The Morgan fingerprint density at radius 2 is 2.33 bits per heavy atom. The van der Waals surface area contributed by atoms with Gasteiger partial charge in [-0.05, 0) is 38.0 Å². The van der Waals surface area contributed by atoms with Crippen LogP contribution >= 0.6 is 11.6 Å². The molecule has 4 nitrogen and oxygen atoms in total. The number of amides is 1. The van der Waals surface area contributed by atoms with Crippen LogP contribution in [-0.2, 0) is 9.53 Å². The van der Waals surface area contributed by atoms with Gasteiger partial charge < -0.3 is 10.1 Å². The fourth-order valence-electron chi connectivity index (χ4n) is 1.89. The molecule has 18 heavy (non-hydrogen) atoms. The lowest BCUT2D eigenvalue weighted by molar-refractivity contribution is -0.126. The molecule has 0 aromatic heterocycles. The summed E-state index contributed by atoms with van der Waals surface area (Å²) in [5.41, 5.74) is 0.965. The zero-order valence-electron chi connectivity index (χ0n) is 9.94. The third kappa shape index (κ3) is 2.81. The number of nitrogens with one attached hydrogen (secondary N) is 1. The molecule has 1 aromatic carbocycles. The molecule has 1 aliphatic heterocycles. The number of hydrogen-bond acceptors (Lipinski definition) is 3. The van der Waals surface area contributed by atoms with Crippen molar-refractivity contribution in [2.24, 2.45) is 0 Å². The van der Waals surface area contributed by atoms with Crippen molar-refractivity contribution < 1.29 is 9.53 Å². The minimum Gasteiger partial charge on any atom is -0.365 e. The maximum Gasteiger partial charge on any atom is 0.253 e. The summed E-state index contributed by atoms with van der Waals surface area (Å²) in [4.78, 5) is 11.9. The molecule has 1 aliphatic rings. The highest BCUT2D eigenvalue weighted by Crippen LogP contribution is 2.25. The summed E-state index contributed by atoms with van der Waals surface area (Å²) < 4.78 is 5.47. The fraction of sp³-hybridized carbons (Fsp3) is 0.385. The van der Waals surface area contributed by atoms with Gasteiger partial charge in [0.25, 0.3) is 5.91 Å². The van der Waals surface area contributed by atoms with E-state index in [0.717, 1.165) is 12.8 Å². The smallest absolute Gasteiger partial charge is 0.253 e. The SMILES string of the molecule is CC1CCC(C(=O)Nc2ccc(C#N)cc2Cl)O1. The number of nitrogens with zero attached hydrogens (tertiary/aromatic N) is 1. The van der Waals surface area contributed by atoms with Crippen LogP contribution in [0.4, 0.5) is 5.69 Å². The molecule has 1 fully saturated rings. The second-order valence-corrected chi connectivity index (χ2v) is 4.72. The molecular formula is C13H13ClN2O2. The number of carbonyl (C=O) groups is 1. The van der Waals surface area contributed by atoms with Crippen LogP contribution in [0.2, 0.25) is 5.02 Å². The maximum absolute atomic E-state index is 11.9. The van der Waals surface area contributed by atoms with Crippen LogP contribution in [0, 0.1) is 11.3 Å². The molecule has 0 spiro atoms. The summed E-state index contributed by atoms with van der Waals surface area (Å²) in [6.45, 7) is 1.95. The number of rotatable bonds is 2. The fourth-order valence-corrected chi connectivity index (χ4v) is 2.12. The normalized spacial score (nSPS) is 22.5. The van der Waals surface area contributed by atoms with Gasteiger partial charge in [0.2, 0.25) is 0 Å². The predicted molar refractivity (Wildman–Crippen MR) is 68.4 cm³/mol. The molecule has 5 heteroatoms. The van der Waals surface area contributed by atoms with E-state index in [9.17, 15) is 4.79 Å². The summed E-state index contributed by atoms with van der Waals surface area (Å²) in [6.07, 6.45) is 1.32. The van der Waals surface area contributed by atoms with Gasteiger partial charge in [0, 0.05) is 0 Å². The highest BCUT2D eigenvalue weighted by Gasteiger charge is 2.28. The first-order chi connectivity index (χ1) is 8.60. The third-order valence-corrected chi connectivity index (χ3v) is 3.19. The van der Waals surface area contributed by atoms with E-state index >= 15 is 0 Å². The Morgan fingerprint density at radius 1 is 1.56 bits per heavy atom. The standard InChI is InChI=1S/C13H13ClN2O2/c1-8-2-5-12(18-8)13(17)16-11-4-3-9(7-15)6-10(11)14/h3-4,6,8,12H,2,5H2,1H3,(H,16,17). The van der Waals surface area contributed by atoms with Gasteiger partial charge in [0.1, 0.15) is 6.10 Å². The van der Waals surface area contributed by atoms with Gasteiger partial charge in [-0.25, -0.2) is 0 Å². The van der Waals surface area contributed by atoms with Gasteiger partial charge >= 0.3 is 0 Å². The molecule has 94 valence electrons. The molecule has 2 unspecified atom stereocenters. The molecule has 1 heterocycles. The Hall–Kier alpha value is -1.57. The number of carbonyl (C=O) groups excluding carboxylic acids is 1. The van der Waals surface area contributed by atoms with Crippen LogP contribution in [0.5, 0.6) is 0 Å². The molecule has 2 atom stereocenters. The topological polar surface area (TPSA) is 62.1 Å². The Balaban J connectivity index is 2.06. The first-order valence-corrected chi connectivity index (χ1v) is 6.14. The summed E-state index contributed by atoms with van der Waals surface area (Å²) in [5.74, 6) is -0.189. The minimum absolute atomic E-state index is 0.122. The van der Waals surface area contributed by atoms with E-state index in [-0.39, 0.29) is 12.0 Å². The minimum atomic E-state index is -0.410. The molecule has 0 bridgehead atoms. The number of anilines is 1. The Bertz CT molecular complexity index is 510. The molecule has 2 rings (SSSR count). The third-order valence-electron chi connectivity index (χ3n) is 2.88. The maximum atomic E-state index is 11.9. The van der Waals surface area contributed by atoms with E-state index in [0.29, 0.717) is 16.3 Å². The number of benzene rings is 1. The second kappa shape index (κ2) is 5.38. The van der Waals surface area contributed by atoms with Crippen molar-refractivity contribution in [3.8, 4) is 6.07 Å². The highest BCUT2D eigenvalue weighted by atomic mass is 35.5. The Kier molecular flexibility index (Phi) is 3.85. The molecule has 0 saturated carbocycles. The lowest BCUT2D eigenvalue weighted by Crippen LogP contribution is -2.27. The van der Waals surface area contributed by atoms with E-state index in [1.165, 1.54) is 6.07 Å². The summed E-state index contributed by atoms with van der Waals surface area (Å²) in [7, 11) is 0. The van der Waals surface area contributed by atoms with Gasteiger partial charge in [0.05, 0.1) is 28.4 Å². The van der Waals surface area contributed by atoms with Crippen LogP contribution in [-0.4, -0.2) is 18.1 Å². The molecule has 1 aromatic rings. The largest absolute Gasteiger partial charge is 0.365 e. The lowest BCUT2D eigenvalue weighted by atomic mass is 10.2. The summed E-state index contributed by atoms with van der Waals surface area (Å²) in [6, 6.07) is 6.74. The van der Waals surface area contributed by atoms with Crippen molar-refractivity contribution in [2.75, 3.05) is 5.32 Å². The molecule has 1 N–H and O–H groups in total. The number of ether oxygens (including phenoxy) is 1. The summed E-state index contributed by atoms with van der Waals surface area (Å²) in [5, 5.41) is 11.8. The van der Waals surface area contributed by atoms with Crippen molar-refractivity contribution in [2.45, 2.75) is 32.0 Å². The van der Waals surface area contributed by atoms with Gasteiger partial charge in [-0.15, -0.1) is 0 Å². The van der Waals surface area contributed by atoms with Gasteiger partial charge in [-0.1, -0.05) is 11.6 Å². The predicted octanol–water partition coefficient (Wildman–Crippen LogP) is 2.72. The van der Waals surface area contributed by atoms with Crippen LogP contribution in [0.1, 0.15) is 25.3 Å². The van der Waals surface area contributed by atoms with E-state index in [2.05, 4.69) is 5.32 Å². The zero-order valence-corrected chi connectivity index (χ0v) is 10.7. The van der Waals surface area contributed by atoms with Gasteiger partial charge in [0.15, 0.2) is 0 Å². The van der Waals surface area contributed by atoms with E-state index in [4.69, 9.17) is 21.6 Å². The first kappa shape index (κ1) is 12.9. The van der Waals surface area contributed by atoms with Crippen molar-refractivity contribution >= 4 is 23.2 Å². The molecule has 0 aliphatic carbocycles. The van der Waals surface area contributed by atoms with Gasteiger partial charge in [-0.2, -0.15) is 5.26 Å². The monoisotopic (exact) mass is 264 g/mol. The van der Waals surface area contributed by atoms with Crippen molar-refractivity contribution in [1.29, 1.82) is 5.26 Å². The van der Waals surface area contributed by atoms with Crippen LogP contribution in [0.15, 0.2) is 18.2 Å². The molecule has 1 amide bonds. The van der Waals surface area contributed by atoms with E-state index < -0.39 is 6.10 Å². The molecular weight excluding hydrogens is 252 g/mol. The Labute approximate surface area is 111 Å². The first-order valence-electron chi connectivity index (χ1n) is 5.76. The van der Waals surface area contributed by atoms with E-state index in [1.807, 2.05) is 13.0 Å². The second-order valence-electron chi connectivity index (χ2n) is 4.31. The quantitative estimate of drug-likeness (QED) is 0.893. The van der Waals surface area contributed by atoms with Crippen molar-refractivity contribution in [3.63, 3.8) is 0 Å². The van der Waals surface area contributed by atoms with E-state index in [1.54, 1.807) is 12.1 Å². The zero-order chi connectivity index (χ0) is 13.1. The van der Waals surface area contributed by atoms with Crippen LogP contribution in [0.25, 0.3) is 0 Å². The summed E-state index contributed by atoms with van der Waals surface area (Å²) >= 11 is 5.98. The Morgan fingerprint density at radius 3 is 2.89 bits per heavy atom. The lowest BCUT2D eigenvalue weighted by Gasteiger charge is -2.12. The average molecular weight is 265 g/mol. The van der Waals surface area contributed by atoms with Gasteiger partial charge in [-0.3, -0.25) is 4.79 Å². The number of halogens is 1. The number of hydrogen-bond donors (Lipinski definition) is 1. The highest BCUT2D eigenvalue weighted by molar-refractivity contribution is 6.33. The average Bonchev–Trinajstić information content (AvgIpc) is 2.78. The number of nitriles is 1. The molecule has 0 radical (unpaired) electrons. The van der Waals surface area contributed by atoms with Crippen molar-refractivity contribution in [3.05, 3.63) is 28.8 Å².